The molecule has 316 valence electrons. The summed E-state index contributed by atoms with van der Waals surface area (Å²) in [6, 6.07) is 13.3. The highest BCUT2D eigenvalue weighted by atomic mass is 32.2. The van der Waals surface area contributed by atoms with Gasteiger partial charge in [-0.25, -0.2) is 32.4 Å². The van der Waals surface area contributed by atoms with Crippen molar-refractivity contribution in [1.82, 2.24) is 25.3 Å². The summed E-state index contributed by atoms with van der Waals surface area (Å²) in [5, 5.41) is 16.3. The minimum Gasteiger partial charge on any atom is -0.491 e. The van der Waals surface area contributed by atoms with E-state index in [9.17, 15) is 35.6 Å². The Morgan fingerprint density at radius 2 is 1.64 bits per heavy atom. The van der Waals surface area contributed by atoms with Crippen LogP contribution >= 0.6 is 11.3 Å². The Balaban J connectivity index is 1.20. The summed E-state index contributed by atoms with van der Waals surface area (Å²) >= 11 is 0.914. The van der Waals surface area contributed by atoms with Crippen molar-refractivity contribution in [3.05, 3.63) is 95.3 Å². The van der Waals surface area contributed by atoms with Gasteiger partial charge in [0.15, 0.2) is 5.79 Å². The molecule has 4 atom stereocenters. The third-order valence-electron chi connectivity index (χ3n) is 8.96. The van der Waals surface area contributed by atoms with Crippen molar-refractivity contribution in [2.24, 2.45) is 5.14 Å². The van der Waals surface area contributed by atoms with Gasteiger partial charge in [-0.2, -0.15) is 13.2 Å². The van der Waals surface area contributed by atoms with Gasteiger partial charge in [0.2, 0.25) is 10.2 Å². The number of nitrogens with zero attached hydrogens (tertiary/aromatic N) is 4. The summed E-state index contributed by atoms with van der Waals surface area (Å²) in [5.41, 5.74) is 0.773. The van der Waals surface area contributed by atoms with Crippen molar-refractivity contribution in [1.29, 1.82) is 0 Å². The predicted octanol–water partition coefficient (Wildman–Crippen LogP) is 5.08. The number of amides is 1. The molecule has 1 amide bonds. The number of fused-ring (bicyclic) bond motifs is 1. The highest BCUT2D eigenvalue weighted by Crippen LogP contribution is 2.31. The van der Waals surface area contributed by atoms with Crippen LogP contribution in [0.15, 0.2) is 77.3 Å². The Labute approximate surface area is 339 Å². The van der Waals surface area contributed by atoms with E-state index in [0.717, 1.165) is 23.5 Å². The van der Waals surface area contributed by atoms with Crippen LogP contribution in [-0.2, 0) is 59.4 Å². The second kappa shape index (κ2) is 18.0. The highest BCUT2D eigenvalue weighted by molar-refractivity contribution is 7.91. The molecule has 0 radical (unpaired) electrons. The molecule has 6 rings (SSSR count). The van der Waals surface area contributed by atoms with Crippen LogP contribution in [0.3, 0.4) is 0 Å². The lowest BCUT2D eigenvalue weighted by Crippen LogP contribution is -2.46. The average molecular weight is 865 g/mol. The van der Waals surface area contributed by atoms with Gasteiger partial charge in [0.1, 0.15) is 61.4 Å². The molecule has 0 aliphatic carbocycles. The molecule has 1 saturated heterocycles. The number of carbonyl (C=O) groups is 2. The summed E-state index contributed by atoms with van der Waals surface area (Å²) in [6.45, 7) is 4.09. The SMILES string of the molecule is CCOC(=O)C(Cc1ccc(C(F)(F)F)cc1)NC(=O)C(Cc1ccc(OC[C@@H]2OC(C)(C)O[C@H]2CF)cc1)n1cc(COc2ccc3sc(S(N)(=O)=O)nc3c2)nn1. The summed E-state index contributed by atoms with van der Waals surface area (Å²) in [5.74, 6) is -1.65. The second-order valence-corrected chi connectivity index (χ2v) is 16.7. The number of benzene rings is 3. The topological polar surface area (TPSA) is 196 Å². The normalized spacial score (nSPS) is 17.7. The van der Waals surface area contributed by atoms with Crippen LogP contribution in [0.2, 0.25) is 0 Å². The lowest BCUT2D eigenvalue weighted by atomic mass is 10.0. The first kappa shape index (κ1) is 43.4. The monoisotopic (exact) mass is 864 g/mol. The van der Waals surface area contributed by atoms with Crippen LogP contribution in [0.25, 0.3) is 10.2 Å². The number of rotatable bonds is 17. The van der Waals surface area contributed by atoms with E-state index in [0.29, 0.717) is 38.5 Å². The van der Waals surface area contributed by atoms with E-state index >= 15 is 0 Å². The lowest BCUT2D eigenvalue weighted by Gasteiger charge is -2.22. The van der Waals surface area contributed by atoms with Crippen LogP contribution in [0, 0.1) is 0 Å². The molecule has 1 aliphatic rings. The van der Waals surface area contributed by atoms with E-state index in [1.54, 1.807) is 57.2 Å². The van der Waals surface area contributed by atoms with Crippen molar-refractivity contribution in [2.45, 2.75) is 80.8 Å². The number of hydrogen-bond donors (Lipinski definition) is 2. The van der Waals surface area contributed by atoms with Crippen molar-refractivity contribution in [3.8, 4) is 11.5 Å². The maximum absolute atomic E-state index is 14.1. The molecule has 2 aromatic heterocycles. The Morgan fingerprint density at radius 3 is 2.31 bits per heavy atom. The van der Waals surface area contributed by atoms with Crippen molar-refractivity contribution in [2.75, 3.05) is 19.9 Å². The fourth-order valence-electron chi connectivity index (χ4n) is 6.17. The molecular weight excluding hydrogens is 825 g/mol. The van der Waals surface area contributed by atoms with Gasteiger partial charge in [0.25, 0.3) is 10.0 Å². The van der Waals surface area contributed by atoms with Gasteiger partial charge in [-0.05, 0) is 68.3 Å². The molecule has 0 bridgehead atoms. The average Bonchev–Trinajstić information content (AvgIpc) is 3.91. The van der Waals surface area contributed by atoms with Crippen LogP contribution in [-0.4, -0.2) is 84.2 Å². The highest BCUT2D eigenvalue weighted by Gasteiger charge is 2.41. The fourth-order valence-corrected chi connectivity index (χ4v) is 7.80. The van der Waals surface area contributed by atoms with Crippen LogP contribution in [0.5, 0.6) is 11.5 Å². The first-order valence-electron chi connectivity index (χ1n) is 18.1. The number of hydrogen-bond acceptors (Lipinski definition) is 13. The molecule has 1 aliphatic heterocycles. The zero-order valence-electron chi connectivity index (χ0n) is 31.8. The smallest absolute Gasteiger partial charge is 0.416 e. The van der Waals surface area contributed by atoms with Gasteiger partial charge in [-0.3, -0.25) is 4.79 Å². The van der Waals surface area contributed by atoms with E-state index in [4.69, 9.17) is 28.8 Å². The molecule has 5 aromatic rings. The van der Waals surface area contributed by atoms with E-state index in [-0.39, 0.29) is 37.0 Å². The lowest BCUT2D eigenvalue weighted by molar-refractivity contribution is -0.149. The number of esters is 1. The second-order valence-electron chi connectivity index (χ2n) is 13.9. The number of alkyl halides is 4. The largest absolute Gasteiger partial charge is 0.491 e. The molecule has 21 heteroatoms. The van der Waals surface area contributed by atoms with Crippen molar-refractivity contribution < 1.29 is 59.3 Å². The standard InChI is InChI=1S/C38H40F4N6O9S2/c1-4-53-35(50)29(15-22-5-9-24(10-6-22)38(40,41)42)44-34(49)30(16-23-7-11-26(12-8-23)55-21-32-31(18-39)56-37(2,3)57-32)48-19-25(46-47-48)20-54-27-13-14-33-28(17-27)45-36(58-33)59(43,51)52/h5-14,17,19,29-32H,4,15-16,18,20-21H2,1-3H3,(H,44,49)(H2,43,51,52)/t29?,30?,31-,32-/m0/s1. The quantitative estimate of drug-likeness (QED) is 0.0932. The van der Waals surface area contributed by atoms with Gasteiger partial charge in [-0.15, -0.1) is 16.4 Å². The van der Waals surface area contributed by atoms with Crippen molar-refractivity contribution in [3.63, 3.8) is 0 Å². The number of halogens is 4. The molecular formula is C38H40F4N6O9S2. The number of ether oxygens (including phenoxy) is 5. The fraction of sp³-hybridized carbons (Fsp3) is 0.395. The molecule has 2 unspecified atom stereocenters. The Hall–Kier alpha value is -5.22. The van der Waals surface area contributed by atoms with Crippen LogP contribution < -0.4 is 19.9 Å². The van der Waals surface area contributed by atoms with Gasteiger partial charge in [-0.1, -0.05) is 29.5 Å². The number of primary sulfonamides is 1. The zero-order valence-corrected chi connectivity index (χ0v) is 33.5. The minimum absolute atomic E-state index is 0.0166. The number of thiazole rings is 1. The van der Waals surface area contributed by atoms with Gasteiger partial charge in [0.05, 0.1) is 28.6 Å². The Bertz CT molecular complexity index is 2360. The van der Waals surface area contributed by atoms with E-state index in [1.165, 1.54) is 29.1 Å². The summed E-state index contributed by atoms with van der Waals surface area (Å²) in [4.78, 5) is 31.3. The zero-order chi connectivity index (χ0) is 42.5. The third-order valence-corrected chi connectivity index (χ3v) is 11.3. The van der Waals surface area contributed by atoms with E-state index < -0.39 is 70.4 Å². The van der Waals surface area contributed by atoms with Crippen LogP contribution in [0.1, 0.15) is 49.2 Å². The van der Waals surface area contributed by atoms with Gasteiger partial charge in [0, 0.05) is 18.9 Å². The molecule has 0 spiro atoms. The van der Waals surface area contributed by atoms with Gasteiger partial charge >= 0.3 is 12.1 Å². The maximum atomic E-state index is 14.1. The third kappa shape index (κ3) is 11.3. The number of carbonyl (C=O) groups excluding carboxylic acids is 2. The summed E-state index contributed by atoms with van der Waals surface area (Å²) < 4.78 is 107. The Kier molecular flexibility index (Phi) is 13.2. The predicted molar refractivity (Wildman–Crippen MR) is 204 cm³/mol. The number of aromatic nitrogens is 4. The number of nitrogens with one attached hydrogen (secondary N) is 1. The van der Waals surface area contributed by atoms with Crippen molar-refractivity contribution >= 4 is 43.5 Å². The number of nitrogens with two attached hydrogens (primary N) is 1. The summed E-state index contributed by atoms with van der Waals surface area (Å²) in [6.07, 6.45) is -4.65. The molecule has 3 N–H and O–H groups in total. The minimum atomic E-state index is -4.56. The molecule has 3 heterocycles. The number of sulfonamides is 1. The first-order valence-corrected chi connectivity index (χ1v) is 20.5. The molecule has 1 fully saturated rings. The summed E-state index contributed by atoms with van der Waals surface area (Å²) in [7, 11) is -4.00. The first-order chi connectivity index (χ1) is 27.9. The molecule has 3 aromatic carbocycles. The molecule has 59 heavy (non-hydrogen) atoms. The van der Waals surface area contributed by atoms with E-state index in [2.05, 4.69) is 20.6 Å². The molecule has 0 saturated carbocycles. The van der Waals surface area contributed by atoms with Gasteiger partial charge < -0.3 is 29.0 Å². The maximum Gasteiger partial charge on any atom is 0.416 e. The molecule has 15 nitrogen and oxygen atoms in total. The van der Waals surface area contributed by atoms with Crippen LogP contribution in [0.4, 0.5) is 17.6 Å². The Morgan fingerprint density at radius 1 is 0.983 bits per heavy atom. The van der Waals surface area contributed by atoms with E-state index in [1.807, 2.05) is 0 Å².